The largest absolute Gasteiger partial charge is 0.398 e. The minimum Gasteiger partial charge on any atom is -0.398 e. The molecule has 108 valence electrons. The minimum atomic E-state index is -3.98. The smallest absolute Gasteiger partial charge is 0.314 e. The fraction of sp³-hybridized carbons (Fsp3) is 0. The monoisotopic (exact) mass is 306 g/mol. The predicted octanol–water partition coefficient (Wildman–Crippen LogP) is -0.401. The molecule has 1 heterocycles. The second-order valence-corrected chi connectivity index (χ2v) is 6.05. The normalized spacial score (nSPS) is 12.0. The van der Waals surface area contributed by atoms with E-state index in [2.05, 4.69) is 9.97 Å². The van der Waals surface area contributed by atoms with Gasteiger partial charge in [-0.25, -0.2) is 13.6 Å². The zero-order valence-electron chi connectivity index (χ0n) is 10.5. The van der Waals surface area contributed by atoms with Crippen molar-refractivity contribution in [1.82, 2.24) is 9.97 Å². The van der Waals surface area contributed by atoms with Crippen LogP contribution in [0.4, 0.5) is 5.69 Å². The minimum absolute atomic E-state index is 0.129. The van der Waals surface area contributed by atoms with Crippen molar-refractivity contribution in [3.63, 3.8) is 0 Å². The number of benzene rings is 2. The van der Waals surface area contributed by atoms with Crippen LogP contribution in [0.25, 0.3) is 21.8 Å². The first-order chi connectivity index (χ1) is 9.79. The van der Waals surface area contributed by atoms with E-state index >= 15 is 0 Å². The molecule has 0 aliphatic rings. The molecular formula is C12H10N4O4S. The van der Waals surface area contributed by atoms with Crippen molar-refractivity contribution < 1.29 is 8.42 Å². The fourth-order valence-corrected chi connectivity index (χ4v) is 3.08. The first-order valence-corrected chi connectivity index (χ1v) is 7.34. The number of primary sulfonamides is 1. The number of nitrogen functional groups attached to an aromatic ring is 1. The standard InChI is InChI=1S/C12H10N4O4S/c13-6-4-7-10(16-12(18)11(17)15-7)5-2-1-3-8(9(5)6)21(14,19)20/h1-4H,13H2,(H,15,17)(H,16,18)(H2,14,19,20). The third-order valence-electron chi connectivity index (χ3n) is 3.15. The van der Waals surface area contributed by atoms with Crippen molar-refractivity contribution >= 4 is 37.5 Å². The first kappa shape index (κ1) is 13.3. The van der Waals surface area contributed by atoms with Gasteiger partial charge < -0.3 is 15.7 Å². The van der Waals surface area contributed by atoms with Gasteiger partial charge in [0.15, 0.2) is 0 Å². The lowest BCUT2D eigenvalue weighted by Gasteiger charge is -2.10. The van der Waals surface area contributed by atoms with E-state index in [1.54, 1.807) is 6.07 Å². The van der Waals surface area contributed by atoms with Crippen molar-refractivity contribution in [3.8, 4) is 0 Å². The molecule has 0 aliphatic heterocycles. The summed E-state index contributed by atoms with van der Waals surface area (Å²) in [7, 11) is -3.98. The van der Waals surface area contributed by atoms with Crippen LogP contribution in [0.15, 0.2) is 38.8 Å². The van der Waals surface area contributed by atoms with Crippen molar-refractivity contribution in [3.05, 3.63) is 45.0 Å². The maximum Gasteiger partial charge on any atom is 0.314 e. The Morgan fingerprint density at radius 1 is 1.05 bits per heavy atom. The van der Waals surface area contributed by atoms with Crippen LogP contribution in [0.3, 0.4) is 0 Å². The number of anilines is 1. The summed E-state index contributed by atoms with van der Waals surface area (Å²) in [6.45, 7) is 0. The summed E-state index contributed by atoms with van der Waals surface area (Å²) in [5.74, 6) is 0. The molecule has 0 spiro atoms. The number of aromatic nitrogens is 2. The number of hydrogen-bond acceptors (Lipinski definition) is 5. The number of nitrogens with two attached hydrogens (primary N) is 2. The van der Waals surface area contributed by atoms with E-state index in [0.29, 0.717) is 10.9 Å². The van der Waals surface area contributed by atoms with Gasteiger partial charge in [0.05, 0.1) is 15.9 Å². The molecule has 0 unspecified atom stereocenters. The van der Waals surface area contributed by atoms with Crippen LogP contribution >= 0.6 is 0 Å². The maximum absolute atomic E-state index is 11.6. The zero-order valence-corrected chi connectivity index (χ0v) is 11.3. The number of sulfonamides is 1. The van der Waals surface area contributed by atoms with Gasteiger partial charge in [0.2, 0.25) is 10.0 Å². The topological polar surface area (TPSA) is 152 Å². The summed E-state index contributed by atoms with van der Waals surface area (Å²) in [5, 5.41) is 5.76. The molecule has 3 rings (SSSR count). The second-order valence-electron chi connectivity index (χ2n) is 4.52. The molecule has 3 aromatic rings. The summed E-state index contributed by atoms with van der Waals surface area (Å²) in [6.07, 6.45) is 0. The number of aromatic amines is 2. The van der Waals surface area contributed by atoms with E-state index in [9.17, 15) is 18.0 Å². The highest BCUT2D eigenvalue weighted by Crippen LogP contribution is 2.31. The lowest BCUT2D eigenvalue weighted by atomic mass is 10.1. The van der Waals surface area contributed by atoms with Crippen LogP contribution in [0.5, 0.6) is 0 Å². The van der Waals surface area contributed by atoms with Gasteiger partial charge in [0, 0.05) is 16.5 Å². The molecule has 0 aliphatic carbocycles. The summed E-state index contributed by atoms with van der Waals surface area (Å²) < 4.78 is 23.3. The predicted molar refractivity (Wildman–Crippen MR) is 78.5 cm³/mol. The number of fused-ring (bicyclic) bond motifs is 3. The van der Waals surface area contributed by atoms with Gasteiger partial charge in [-0.2, -0.15) is 0 Å². The molecule has 0 saturated heterocycles. The number of rotatable bonds is 1. The zero-order chi connectivity index (χ0) is 15.4. The van der Waals surface area contributed by atoms with Gasteiger partial charge in [-0.05, 0) is 12.1 Å². The van der Waals surface area contributed by atoms with E-state index in [0.717, 1.165) is 0 Å². The van der Waals surface area contributed by atoms with Gasteiger partial charge in [-0.15, -0.1) is 0 Å². The van der Waals surface area contributed by atoms with Crippen molar-refractivity contribution in [2.24, 2.45) is 5.14 Å². The van der Waals surface area contributed by atoms with Crippen molar-refractivity contribution in [2.45, 2.75) is 4.90 Å². The highest BCUT2D eigenvalue weighted by molar-refractivity contribution is 7.89. The van der Waals surface area contributed by atoms with Crippen molar-refractivity contribution in [1.29, 1.82) is 0 Å². The van der Waals surface area contributed by atoms with Crippen LogP contribution in [0.2, 0.25) is 0 Å². The van der Waals surface area contributed by atoms with E-state index in [1.165, 1.54) is 18.2 Å². The van der Waals surface area contributed by atoms with E-state index in [-0.39, 0.29) is 21.5 Å². The average molecular weight is 306 g/mol. The molecular weight excluding hydrogens is 296 g/mol. The molecule has 9 heteroatoms. The molecule has 2 aromatic carbocycles. The first-order valence-electron chi connectivity index (χ1n) is 5.79. The summed E-state index contributed by atoms with van der Waals surface area (Å²) in [4.78, 5) is 27.5. The van der Waals surface area contributed by atoms with Gasteiger partial charge in [-0.1, -0.05) is 12.1 Å². The molecule has 0 bridgehead atoms. The summed E-state index contributed by atoms with van der Waals surface area (Å²) in [6, 6.07) is 5.76. The molecule has 0 atom stereocenters. The summed E-state index contributed by atoms with van der Waals surface area (Å²) in [5.41, 5.74) is 4.94. The maximum atomic E-state index is 11.6. The number of nitrogens with one attached hydrogen (secondary N) is 2. The third-order valence-corrected chi connectivity index (χ3v) is 4.11. The van der Waals surface area contributed by atoms with Gasteiger partial charge in [0.25, 0.3) is 0 Å². The van der Waals surface area contributed by atoms with Crippen LogP contribution in [-0.4, -0.2) is 18.4 Å². The Balaban J connectivity index is 2.67. The lowest BCUT2D eigenvalue weighted by molar-refractivity contribution is 0.598. The highest BCUT2D eigenvalue weighted by atomic mass is 32.2. The molecule has 21 heavy (non-hydrogen) atoms. The Hall–Kier alpha value is -2.65. The van der Waals surface area contributed by atoms with Crippen LogP contribution in [0.1, 0.15) is 0 Å². The van der Waals surface area contributed by atoms with Crippen LogP contribution in [-0.2, 0) is 10.0 Å². The molecule has 0 radical (unpaired) electrons. The number of H-pyrrole nitrogens is 2. The van der Waals surface area contributed by atoms with E-state index in [4.69, 9.17) is 10.9 Å². The van der Waals surface area contributed by atoms with E-state index < -0.39 is 21.1 Å². The Bertz CT molecular complexity index is 1110. The number of hydrogen-bond donors (Lipinski definition) is 4. The fourth-order valence-electron chi connectivity index (χ4n) is 2.30. The molecule has 6 N–H and O–H groups in total. The highest BCUT2D eigenvalue weighted by Gasteiger charge is 2.17. The van der Waals surface area contributed by atoms with Gasteiger partial charge in [-0.3, -0.25) is 9.59 Å². The lowest BCUT2D eigenvalue weighted by Crippen LogP contribution is -2.29. The summed E-state index contributed by atoms with van der Waals surface area (Å²) >= 11 is 0. The van der Waals surface area contributed by atoms with Crippen LogP contribution < -0.4 is 22.0 Å². The van der Waals surface area contributed by atoms with E-state index in [1.807, 2.05) is 0 Å². The molecule has 8 nitrogen and oxygen atoms in total. The molecule has 0 saturated carbocycles. The quantitative estimate of drug-likeness (QED) is 0.274. The van der Waals surface area contributed by atoms with Gasteiger partial charge >= 0.3 is 11.1 Å². The average Bonchev–Trinajstić information content (AvgIpc) is 2.40. The Morgan fingerprint density at radius 2 is 1.71 bits per heavy atom. The third kappa shape index (κ3) is 1.99. The second kappa shape index (κ2) is 4.17. The SMILES string of the molecule is Nc1cc2[nH]c(=O)c(=O)[nH]c2c2cccc(S(N)(=O)=O)c12. The van der Waals surface area contributed by atoms with Gasteiger partial charge in [0.1, 0.15) is 0 Å². The Labute approximate surface area is 117 Å². The molecule has 0 amide bonds. The Morgan fingerprint density at radius 3 is 2.38 bits per heavy atom. The Kier molecular flexibility index (Phi) is 2.65. The van der Waals surface area contributed by atoms with Crippen molar-refractivity contribution in [2.75, 3.05) is 5.73 Å². The molecule has 0 fully saturated rings. The molecule has 1 aromatic heterocycles. The van der Waals surface area contributed by atoms with Crippen LogP contribution in [0, 0.1) is 0 Å².